The Morgan fingerprint density at radius 2 is 1.18 bits per heavy atom. The lowest BCUT2D eigenvalue weighted by atomic mass is 9.47. The molecule has 0 radical (unpaired) electrons. The lowest BCUT2D eigenvalue weighted by molar-refractivity contribution is 0.649. The van der Waals surface area contributed by atoms with Crippen LogP contribution in [0, 0.1) is 0 Å². The van der Waals surface area contributed by atoms with Crippen molar-refractivity contribution in [1.82, 2.24) is 9.05 Å². The molecule has 7 aromatic carbocycles. The van der Waals surface area contributed by atoms with Gasteiger partial charge in [0.2, 0.25) is 0 Å². The Hall–Kier alpha value is -6.46. The first-order valence-electron chi connectivity index (χ1n) is 16.9. The summed E-state index contributed by atoms with van der Waals surface area (Å²) in [7, 11) is 0. The molecule has 0 N–H and O–H groups in total. The van der Waals surface area contributed by atoms with Crippen LogP contribution in [0.1, 0.15) is 0 Å². The minimum atomic E-state index is -0.136. The van der Waals surface area contributed by atoms with Gasteiger partial charge in [-0.25, -0.2) is 0 Å². The van der Waals surface area contributed by atoms with Crippen molar-refractivity contribution < 1.29 is 4.42 Å². The SMILES string of the molecule is c1ccc(N2c3cccc4c3B(c3oc5ccccc5c32)n2c3ccccc3c3cc5c(c-4c32)c2ccccc2n5-c2ccccc2)cc1. The van der Waals surface area contributed by atoms with Crippen LogP contribution < -0.4 is 16.0 Å². The number of para-hydroxylation sites is 5. The first-order chi connectivity index (χ1) is 24.4. The molecule has 0 bridgehead atoms. The zero-order valence-corrected chi connectivity index (χ0v) is 26.3. The van der Waals surface area contributed by atoms with Gasteiger partial charge in [0.05, 0.1) is 16.7 Å². The van der Waals surface area contributed by atoms with E-state index in [2.05, 4.69) is 172 Å². The van der Waals surface area contributed by atoms with Crippen molar-refractivity contribution in [2.45, 2.75) is 0 Å². The number of anilines is 3. The first-order valence-corrected chi connectivity index (χ1v) is 16.9. The van der Waals surface area contributed by atoms with Crippen LogP contribution in [0.25, 0.3) is 71.4 Å². The molecule has 12 rings (SSSR count). The molecule has 226 valence electrons. The number of furan rings is 1. The molecule has 5 heterocycles. The van der Waals surface area contributed by atoms with Gasteiger partial charge in [0.25, 0.3) is 0 Å². The van der Waals surface area contributed by atoms with Crippen LogP contribution in [-0.2, 0) is 0 Å². The highest BCUT2D eigenvalue weighted by atomic mass is 16.3. The van der Waals surface area contributed by atoms with Gasteiger partial charge in [-0.1, -0.05) is 97.1 Å². The van der Waals surface area contributed by atoms with Crippen LogP contribution in [0.5, 0.6) is 0 Å². The van der Waals surface area contributed by atoms with Crippen LogP contribution >= 0.6 is 0 Å². The van der Waals surface area contributed by atoms with Gasteiger partial charge in [0.1, 0.15) is 11.2 Å². The summed E-state index contributed by atoms with van der Waals surface area (Å²) in [6, 6.07) is 57.1. The van der Waals surface area contributed by atoms with E-state index in [4.69, 9.17) is 4.42 Å². The zero-order valence-electron chi connectivity index (χ0n) is 26.3. The predicted octanol–water partition coefficient (Wildman–Crippen LogP) is 10.1. The Balaban J connectivity index is 1.33. The third kappa shape index (κ3) is 3.11. The molecular formula is C44H26BN3O. The Morgan fingerprint density at radius 1 is 0.510 bits per heavy atom. The molecule has 0 saturated heterocycles. The smallest absolute Gasteiger partial charge is 0.375 e. The van der Waals surface area contributed by atoms with E-state index < -0.39 is 0 Å². The molecule has 0 saturated carbocycles. The average molecular weight is 624 g/mol. The first kappa shape index (κ1) is 25.6. The van der Waals surface area contributed by atoms with Crippen molar-refractivity contribution in [3.63, 3.8) is 0 Å². The summed E-state index contributed by atoms with van der Waals surface area (Å²) in [6.45, 7) is -0.136. The van der Waals surface area contributed by atoms with Crippen LogP contribution in [0.15, 0.2) is 162 Å². The molecular weight excluding hydrogens is 597 g/mol. The zero-order chi connectivity index (χ0) is 31.8. The second-order valence-electron chi connectivity index (χ2n) is 13.2. The minimum Gasteiger partial charge on any atom is -0.466 e. The average Bonchev–Trinajstić information content (AvgIpc) is 3.82. The molecule has 0 fully saturated rings. The highest BCUT2D eigenvalue weighted by Crippen LogP contribution is 2.51. The van der Waals surface area contributed by atoms with E-state index >= 15 is 0 Å². The largest absolute Gasteiger partial charge is 0.466 e. The minimum absolute atomic E-state index is 0.136. The maximum absolute atomic E-state index is 7.01. The molecule has 10 aromatic rings. The third-order valence-corrected chi connectivity index (χ3v) is 10.9. The second-order valence-corrected chi connectivity index (χ2v) is 13.2. The van der Waals surface area contributed by atoms with E-state index in [0.29, 0.717) is 0 Å². The van der Waals surface area contributed by atoms with Crippen molar-refractivity contribution in [2.24, 2.45) is 0 Å². The standard InChI is InChI=1S/C44H26BN3O/c1-3-14-27(15-4-1)46-34-22-10-8-19-30(34)39-37(46)26-33-29-18-7-11-23-35(29)48-42(33)40(39)32-21-13-24-36-41(32)45(48)44-43(31-20-9-12-25-38(31)49-44)47(36)28-16-5-2-6-17-28/h1-26H. The van der Waals surface area contributed by atoms with Crippen LogP contribution in [0.4, 0.5) is 17.1 Å². The van der Waals surface area contributed by atoms with Gasteiger partial charge in [0, 0.05) is 60.6 Å². The summed E-state index contributed by atoms with van der Waals surface area (Å²) in [5, 5.41) is 6.17. The van der Waals surface area contributed by atoms with Crippen molar-refractivity contribution in [3.05, 3.63) is 158 Å². The molecule has 0 amide bonds. The molecule has 0 aliphatic carbocycles. The van der Waals surface area contributed by atoms with E-state index in [1.165, 1.54) is 65.9 Å². The molecule has 0 atom stereocenters. The summed E-state index contributed by atoms with van der Waals surface area (Å²) in [5.41, 5.74) is 15.2. The van der Waals surface area contributed by atoms with E-state index in [0.717, 1.165) is 33.7 Å². The van der Waals surface area contributed by atoms with E-state index in [-0.39, 0.29) is 6.85 Å². The number of fused-ring (bicyclic) bond motifs is 13. The fourth-order valence-electron chi connectivity index (χ4n) is 9.05. The molecule has 0 spiro atoms. The van der Waals surface area contributed by atoms with E-state index in [1.807, 2.05) is 0 Å². The topological polar surface area (TPSA) is 26.2 Å². The lowest BCUT2D eigenvalue weighted by Gasteiger charge is -2.38. The highest BCUT2D eigenvalue weighted by molar-refractivity contribution is 6.89. The normalized spacial score (nSPS) is 13.2. The molecule has 49 heavy (non-hydrogen) atoms. The fraction of sp³-hybridized carbons (Fsp3) is 0. The van der Waals surface area contributed by atoms with Crippen LogP contribution in [-0.4, -0.2) is 15.9 Å². The fourth-order valence-corrected chi connectivity index (χ4v) is 9.05. The second kappa shape index (κ2) is 9.12. The van der Waals surface area contributed by atoms with E-state index in [9.17, 15) is 0 Å². The van der Waals surface area contributed by atoms with Gasteiger partial charge in [-0.05, 0) is 71.7 Å². The predicted molar refractivity (Wildman–Crippen MR) is 204 cm³/mol. The van der Waals surface area contributed by atoms with Crippen molar-refractivity contribution in [3.8, 4) is 16.8 Å². The van der Waals surface area contributed by atoms with Crippen LogP contribution in [0.3, 0.4) is 0 Å². The lowest BCUT2D eigenvalue weighted by Crippen LogP contribution is -2.56. The monoisotopic (exact) mass is 623 g/mol. The number of benzene rings is 7. The molecule has 0 unspecified atom stereocenters. The number of hydrogen-bond acceptors (Lipinski definition) is 2. The van der Waals surface area contributed by atoms with Crippen molar-refractivity contribution >= 4 is 89.6 Å². The summed E-state index contributed by atoms with van der Waals surface area (Å²) < 4.78 is 12.0. The number of rotatable bonds is 2. The summed E-state index contributed by atoms with van der Waals surface area (Å²) in [5.74, 6) is 0. The summed E-state index contributed by atoms with van der Waals surface area (Å²) in [6.07, 6.45) is 0. The van der Waals surface area contributed by atoms with Gasteiger partial charge in [0.15, 0.2) is 0 Å². The Bertz CT molecular complexity index is 3010. The van der Waals surface area contributed by atoms with E-state index in [1.54, 1.807) is 0 Å². The number of aromatic nitrogens is 2. The third-order valence-electron chi connectivity index (χ3n) is 10.9. The number of hydrogen-bond donors (Lipinski definition) is 0. The maximum atomic E-state index is 7.01. The molecule has 4 nitrogen and oxygen atoms in total. The van der Waals surface area contributed by atoms with Gasteiger partial charge in [-0.15, -0.1) is 0 Å². The van der Waals surface area contributed by atoms with Gasteiger partial charge in [-0.2, -0.15) is 0 Å². The van der Waals surface area contributed by atoms with Crippen molar-refractivity contribution in [1.29, 1.82) is 0 Å². The van der Waals surface area contributed by atoms with Gasteiger partial charge in [-0.3, -0.25) is 0 Å². The van der Waals surface area contributed by atoms with Gasteiger partial charge >= 0.3 is 6.85 Å². The number of nitrogens with zero attached hydrogens (tertiary/aromatic N) is 3. The van der Waals surface area contributed by atoms with Crippen molar-refractivity contribution in [2.75, 3.05) is 4.90 Å². The Kier molecular flexibility index (Phi) is 4.77. The quantitative estimate of drug-likeness (QED) is 0.179. The molecule has 3 aromatic heterocycles. The summed E-state index contributed by atoms with van der Waals surface area (Å²) in [4.78, 5) is 2.43. The maximum Gasteiger partial charge on any atom is 0.375 e. The molecule has 2 aliphatic heterocycles. The Labute approximate surface area is 281 Å². The molecule has 2 aliphatic rings. The Morgan fingerprint density at radius 3 is 2.00 bits per heavy atom. The van der Waals surface area contributed by atoms with Gasteiger partial charge < -0.3 is 18.4 Å². The molecule has 5 heteroatoms. The van der Waals surface area contributed by atoms with Crippen LogP contribution in [0.2, 0.25) is 0 Å². The summed E-state index contributed by atoms with van der Waals surface area (Å²) >= 11 is 0. The highest BCUT2D eigenvalue weighted by Gasteiger charge is 2.46.